The monoisotopic (exact) mass is 586 g/mol. The van der Waals surface area contributed by atoms with E-state index in [0.717, 1.165) is 0 Å². The molecule has 0 rings (SSSR count). The Morgan fingerprint density at radius 2 is 0.600 bits per heavy atom. The van der Waals surface area contributed by atoms with Crippen LogP contribution in [0.2, 0.25) is 0 Å². The van der Waals surface area contributed by atoms with Crippen molar-refractivity contribution in [2.45, 2.75) is 0 Å². The zero-order valence-corrected chi connectivity index (χ0v) is 12.5. The molecule has 0 aromatic rings. The Labute approximate surface area is 95.7 Å². The average Bonchev–Trinajstić information content (AvgIpc) is 1.99. The molecule has 0 bridgehead atoms. The van der Waals surface area contributed by atoms with Crippen molar-refractivity contribution >= 4 is 37.7 Å². The van der Waals surface area contributed by atoms with Crippen LogP contribution in [-0.4, -0.2) is 0 Å². The Morgan fingerprint density at radius 3 is 0.600 bits per heavy atom. The molecular formula is C4H8Cl4Pt2. The maximum atomic E-state index is 4.88. The third-order valence-electron chi connectivity index (χ3n) is 0. The summed E-state index contributed by atoms with van der Waals surface area (Å²) < 4.78 is 0. The Balaban J connectivity index is -0.0000000246. The predicted octanol–water partition coefficient (Wildman–Crippen LogP) is 4.36. The van der Waals surface area contributed by atoms with Crippen LogP contribution in [0.5, 0.6) is 0 Å². The minimum atomic E-state index is -0.472. The number of hydrogen-bond donors (Lipinski definition) is 0. The van der Waals surface area contributed by atoms with Gasteiger partial charge in [0.1, 0.15) is 0 Å². The van der Waals surface area contributed by atoms with E-state index in [4.69, 9.17) is 37.7 Å². The SMILES string of the molecule is C=C.C=C.[Cl][Pt][Cl].[Cl][Pt][Cl]. The van der Waals surface area contributed by atoms with E-state index in [2.05, 4.69) is 26.3 Å². The van der Waals surface area contributed by atoms with E-state index in [1.54, 1.807) is 0 Å². The number of hydrogen-bond acceptors (Lipinski definition) is 0. The quantitative estimate of drug-likeness (QED) is 0.370. The van der Waals surface area contributed by atoms with Gasteiger partial charge in [-0.15, -0.1) is 26.3 Å². The summed E-state index contributed by atoms with van der Waals surface area (Å²) in [5.74, 6) is 0. The molecule has 0 saturated carbocycles. The van der Waals surface area contributed by atoms with E-state index in [9.17, 15) is 0 Å². The normalized spacial score (nSPS) is 5.20. The van der Waals surface area contributed by atoms with E-state index in [1.165, 1.54) is 0 Å². The molecule has 0 amide bonds. The summed E-state index contributed by atoms with van der Waals surface area (Å²) in [6.45, 7) is 12.0. The van der Waals surface area contributed by atoms with Crippen LogP contribution in [0, 0.1) is 0 Å². The van der Waals surface area contributed by atoms with Crippen molar-refractivity contribution in [3.8, 4) is 0 Å². The van der Waals surface area contributed by atoms with E-state index in [1.807, 2.05) is 0 Å². The second-order valence-electron chi connectivity index (χ2n) is 0.0904. The van der Waals surface area contributed by atoms with Crippen molar-refractivity contribution in [2.24, 2.45) is 0 Å². The van der Waals surface area contributed by atoms with Gasteiger partial charge in [-0.25, -0.2) is 0 Å². The van der Waals surface area contributed by atoms with Crippen molar-refractivity contribution in [3.05, 3.63) is 26.3 Å². The molecule has 0 fully saturated rings. The van der Waals surface area contributed by atoms with Crippen molar-refractivity contribution in [1.29, 1.82) is 0 Å². The second kappa shape index (κ2) is 68.5. The van der Waals surface area contributed by atoms with Crippen LogP contribution < -0.4 is 0 Å². The fourth-order valence-corrected chi connectivity index (χ4v) is 0. The van der Waals surface area contributed by atoms with Crippen LogP contribution in [-0.2, 0) is 33.0 Å². The molecule has 0 heterocycles. The standard InChI is InChI=1S/2C2H4.4ClH.2Pt/c2*1-2;;;;;;/h2*1-2H2;4*1H;;/q;;;;;;2*+2/p-4. The molecule has 0 aromatic heterocycles. The summed E-state index contributed by atoms with van der Waals surface area (Å²) in [4.78, 5) is 0. The van der Waals surface area contributed by atoms with E-state index < -0.39 is 33.0 Å². The zero-order chi connectivity index (χ0) is 9.41. The molecule has 10 heavy (non-hydrogen) atoms. The van der Waals surface area contributed by atoms with Gasteiger partial charge in [0.05, 0.1) is 0 Å². The first-order chi connectivity index (χ1) is 4.83. The van der Waals surface area contributed by atoms with Gasteiger partial charge in [0.2, 0.25) is 0 Å². The minimum absolute atomic E-state index is 0.472. The predicted molar refractivity (Wildman–Crippen MR) is 45.9 cm³/mol. The summed E-state index contributed by atoms with van der Waals surface area (Å²) in [6, 6.07) is 0. The van der Waals surface area contributed by atoms with Crippen LogP contribution in [0.25, 0.3) is 0 Å². The fraction of sp³-hybridized carbons (Fsp3) is 0. The Bertz CT molecular complexity index is 27.2. The van der Waals surface area contributed by atoms with Crippen LogP contribution in [0.4, 0.5) is 0 Å². The molecule has 0 aliphatic rings. The van der Waals surface area contributed by atoms with Crippen molar-refractivity contribution in [2.75, 3.05) is 0 Å². The van der Waals surface area contributed by atoms with Crippen molar-refractivity contribution < 1.29 is 33.0 Å². The molecule has 72 valence electrons. The third kappa shape index (κ3) is 200. The molecule has 0 saturated heterocycles. The summed E-state index contributed by atoms with van der Waals surface area (Å²) in [6.07, 6.45) is 0. The van der Waals surface area contributed by atoms with Crippen LogP contribution in [0.3, 0.4) is 0 Å². The summed E-state index contributed by atoms with van der Waals surface area (Å²) in [5, 5.41) is 0. The first-order valence-electron chi connectivity index (χ1n) is 1.48. The average molecular weight is 588 g/mol. The van der Waals surface area contributed by atoms with Crippen LogP contribution in [0.15, 0.2) is 26.3 Å². The van der Waals surface area contributed by atoms with Crippen molar-refractivity contribution in [1.82, 2.24) is 0 Å². The third-order valence-corrected chi connectivity index (χ3v) is 0. The van der Waals surface area contributed by atoms with Gasteiger partial charge in [-0.1, -0.05) is 0 Å². The molecule has 0 aliphatic carbocycles. The summed E-state index contributed by atoms with van der Waals surface area (Å²) >= 11 is -0.944. The van der Waals surface area contributed by atoms with Gasteiger partial charge in [-0.3, -0.25) is 0 Å². The fourth-order valence-electron chi connectivity index (χ4n) is 0. The molecule has 0 aromatic carbocycles. The van der Waals surface area contributed by atoms with Gasteiger partial charge in [-0.2, -0.15) is 0 Å². The zero-order valence-electron chi connectivity index (χ0n) is 4.97. The Kier molecular flexibility index (Phi) is 155. The molecule has 0 spiro atoms. The number of rotatable bonds is 0. The Hall–Kier alpha value is 2.02. The first-order valence-corrected chi connectivity index (χ1v) is 12.7. The van der Waals surface area contributed by atoms with Gasteiger partial charge >= 0.3 is 70.6 Å². The molecule has 0 nitrogen and oxygen atoms in total. The molecule has 0 N–H and O–H groups in total. The van der Waals surface area contributed by atoms with Crippen molar-refractivity contribution in [3.63, 3.8) is 0 Å². The van der Waals surface area contributed by atoms with Gasteiger partial charge in [-0.05, 0) is 0 Å². The molecule has 6 heteroatoms. The first kappa shape index (κ1) is 22.7. The topological polar surface area (TPSA) is 0 Å². The summed E-state index contributed by atoms with van der Waals surface area (Å²) in [7, 11) is 19.5. The van der Waals surface area contributed by atoms with E-state index >= 15 is 0 Å². The second-order valence-corrected chi connectivity index (χ2v) is 6.66. The molecule has 0 unspecified atom stereocenters. The Morgan fingerprint density at radius 1 is 0.600 bits per heavy atom. The summed E-state index contributed by atoms with van der Waals surface area (Å²) in [5.41, 5.74) is 0. The molecular weight excluding hydrogens is 580 g/mol. The number of halogens is 4. The van der Waals surface area contributed by atoms with Crippen LogP contribution in [0.1, 0.15) is 0 Å². The maximum absolute atomic E-state index is 4.88. The molecule has 0 atom stereocenters. The van der Waals surface area contributed by atoms with Crippen LogP contribution >= 0.6 is 37.7 Å². The van der Waals surface area contributed by atoms with E-state index in [-0.39, 0.29) is 0 Å². The van der Waals surface area contributed by atoms with Gasteiger partial charge in [0.25, 0.3) is 0 Å². The molecule has 0 aliphatic heterocycles. The van der Waals surface area contributed by atoms with Gasteiger partial charge < -0.3 is 0 Å². The molecule has 0 radical (unpaired) electrons. The van der Waals surface area contributed by atoms with Gasteiger partial charge in [0, 0.05) is 0 Å². The van der Waals surface area contributed by atoms with Gasteiger partial charge in [0.15, 0.2) is 0 Å². The van der Waals surface area contributed by atoms with E-state index in [0.29, 0.717) is 0 Å².